The van der Waals surface area contributed by atoms with E-state index in [2.05, 4.69) is 47.8 Å². The number of nitrogen functional groups attached to an aromatic ring is 1. The monoisotopic (exact) mass is 297 g/mol. The second kappa shape index (κ2) is 5.82. The summed E-state index contributed by atoms with van der Waals surface area (Å²) in [6.07, 6.45) is 3.97. The van der Waals surface area contributed by atoms with Gasteiger partial charge in [-0.05, 0) is 42.5 Å². The number of nitrogens with two attached hydrogens (primary N) is 1. The van der Waals surface area contributed by atoms with E-state index in [1.54, 1.807) is 0 Å². The molecule has 0 atom stereocenters. The fourth-order valence-electron chi connectivity index (χ4n) is 2.54. The van der Waals surface area contributed by atoms with E-state index in [1.807, 2.05) is 30.1 Å². The van der Waals surface area contributed by atoms with Crippen LogP contribution < -0.4 is 5.73 Å². The molecule has 0 aliphatic carbocycles. The van der Waals surface area contributed by atoms with Crippen molar-refractivity contribution in [3.63, 3.8) is 0 Å². The molecule has 0 aliphatic rings. The fraction of sp³-hybridized carbons (Fsp3) is 0.235. The molecule has 3 nitrogen and oxygen atoms in total. The first-order valence-corrected chi connectivity index (χ1v) is 8.09. The second-order valence-corrected chi connectivity index (χ2v) is 6.40. The molecule has 0 fully saturated rings. The zero-order chi connectivity index (χ0) is 14.8. The molecule has 1 aromatic carbocycles. The summed E-state index contributed by atoms with van der Waals surface area (Å²) in [5.41, 5.74) is 10.4. The van der Waals surface area contributed by atoms with Crippen molar-refractivity contribution < 1.29 is 0 Å². The number of fused-ring (bicyclic) bond motifs is 1. The Morgan fingerprint density at radius 2 is 2.14 bits per heavy atom. The maximum Gasteiger partial charge on any atom is 0.0651 e. The van der Waals surface area contributed by atoms with Gasteiger partial charge in [-0.25, -0.2) is 0 Å². The van der Waals surface area contributed by atoms with Gasteiger partial charge >= 0.3 is 0 Å². The number of rotatable bonds is 4. The van der Waals surface area contributed by atoms with Crippen LogP contribution in [0, 0.1) is 6.92 Å². The Kier molecular flexibility index (Phi) is 3.88. The van der Waals surface area contributed by atoms with Crippen LogP contribution in [0.1, 0.15) is 18.2 Å². The van der Waals surface area contributed by atoms with Gasteiger partial charge in [-0.2, -0.15) is 0 Å². The smallest absolute Gasteiger partial charge is 0.0651 e. The zero-order valence-electron chi connectivity index (χ0n) is 12.3. The Morgan fingerprint density at radius 1 is 1.29 bits per heavy atom. The molecule has 0 aliphatic heterocycles. The molecule has 2 aromatic heterocycles. The van der Waals surface area contributed by atoms with Crippen LogP contribution in [0.15, 0.2) is 47.6 Å². The van der Waals surface area contributed by atoms with E-state index in [1.165, 1.54) is 21.4 Å². The van der Waals surface area contributed by atoms with Crippen LogP contribution in [0.3, 0.4) is 0 Å². The number of hydrogen-bond donors (Lipinski definition) is 1. The molecule has 0 bridgehead atoms. The first-order chi connectivity index (χ1) is 10.2. The molecule has 4 heteroatoms. The van der Waals surface area contributed by atoms with Gasteiger partial charge in [0.2, 0.25) is 0 Å². The lowest BCUT2D eigenvalue weighted by Crippen LogP contribution is -2.02. The lowest BCUT2D eigenvalue weighted by molar-refractivity contribution is 0.799. The molecule has 2 N–H and O–H groups in total. The fourth-order valence-corrected chi connectivity index (χ4v) is 3.40. The third-order valence-electron chi connectivity index (χ3n) is 3.61. The molecule has 0 radical (unpaired) electrons. The Bertz CT molecular complexity index is 777. The number of hydrogen-bond acceptors (Lipinski definition) is 3. The van der Waals surface area contributed by atoms with Crippen LogP contribution in [0.4, 0.5) is 5.69 Å². The third-order valence-corrected chi connectivity index (χ3v) is 4.55. The van der Waals surface area contributed by atoms with Crippen LogP contribution >= 0.6 is 11.8 Å². The number of benzene rings is 1. The zero-order valence-corrected chi connectivity index (χ0v) is 13.2. The van der Waals surface area contributed by atoms with Crippen LogP contribution in [0.25, 0.3) is 10.9 Å². The molecule has 0 amide bonds. The van der Waals surface area contributed by atoms with Gasteiger partial charge in [0.05, 0.1) is 17.8 Å². The minimum atomic E-state index is 0.774. The summed E-state index contributed by atoms with van der Waals surface area (Å²) in [4.78, 5) is 5.74. The van der Waals surface area contributed by atoms with Crippen LogP contribution in [0.2, 0.25) is 0 Å². The predicted molar refractivity (Wildman–Crippen MR) is 90.8 cm³/mol. The maximum absolute atomic E-state index is 6.06. The predicted octanol–water partition coefficient (Wildman–Crippen LogP) is 4.09. The SMILES string of the molecule is CCSc1cc(N)cc2c1ccn2Cc1ncccc1C. The van der Waals surface area contributed by atoms with Crippen LogP contribution in [0.5, 0.6) is 0 Å². The van der Waals surface area contributed by atoms with Gasteiger partial charge < -0.3 is 10.3 Å². The molecule has 0 saturated carbocycles. The molecule has 0 spiro atoms. The van der Waals surface area contributed by atoms with Crippen molar-refractivity contribution in [3.05, 3.63) is 54.0 Å². The molecular formula is C17H19N3S. The lowest BCUT2D eigenvalue weighted by atomic mass is 10.2. The standard InChI is InChI=1S/C17H19N3S/c1-3-21-17-10-13(18)9-16-14(17)6-8-20(16)11-15-12(2)5-4-7-19-15/h4-10H,3,11,18H2,1-2H3. The van der Waals surface area contributed by atoms with E-state index < -0.39 is 0 Å². The Labute approximate surface area is 129 Å². The molecule has 2 heterocycles. The Morgan fingerprint density at radius 3 is 2.90 bits per heavy atom. The summed E-state index contributed by atoms with van der Waals surface area (Å²) in [6.45, 7) is 5.03. The average molecular weight is 297 g/mol. The topological polar surface area (TPSA) is 43.8 Å². The van der Waals surface area contributed by atoms with Gasteiger partial charge in [0.1, 0.15) is 0 Å². The van der Waals surface area contributed by atoms with Gasteiger partial charge in [-0.1, -0.05) is 13.0 Å². The van der Waals surface area contributed by atoms with Crippen molar-refractivity contribution in [2.45, 2.75) is 25.3 Å². The minimum absolute atomic E-state index is 0.774. The van der Waals surface area contributed by atoms with Gasteiger partial charge in [0.15, 0.2) is 0 Å². The lowest BCUT2D eigenvalue weighted by Gasteiger charge is -2.09. The molecule has 3 aromatic rings. The van der Waals surface area contributed by atoms with Gasteiger partial charge in [-0.15, -0.1) is 11.8 Å². The normalized spacial score (nSPS) is 11.1. The highest BCUT2D eigenvalue weighted by atomic mass is 32.2. The number of nitrogens with zero attached hydrogens (tertiary/aromatic N) is 2. The van der Waals surface area contributed by atoms with E-state index in [-0.39, 0.29) is 0 Å². The van der Waals surface area contributed by atoms with Gasteiger partial charge in [0, 0.05) is 28.4 Å². The quantitative estimate of drug-likeness (QED) is 0.583. The van der Waals surface area contributed by atoms with Crippen molar-refractivity contribution in [3.8, 4) is 0 Å². The highest BCUT2D eigenvalue weighted by molar-refractivity contribution is 7.99. The van der Waals surface area contributed by atoms with E-state index in [9.17, 15) is 0 Å². The number of aromatic nitrogens is 2. The largest absolute Gasteiger partial charge is 0.399 e. The Hall–Kier alpha value is -1.94. The molecular weight excluding hydrogens is 278 g/mol. The van der Waals surface area contributed by atoms with E-state index in [4.69, 9.17) is 5.73 Å². The van der Waals surface area contributed by atoms with Crippen molar-refractivity contribution in [1.82, 2.24) is 9.55 Å². The van der Waals surface area contributed by atoms with E-state index >= 15 is 0 Å². The number of anilines is 1. The van der Waals surface area contributed by atoms with Crippen molar-refractivity contribution >= 4 is 28.4 Å². The second-order valence-electron chi connectivity index (χ2n) is 5.10. The summed E-state index contributed by atoms with van der Waals surface area (Å²) in [5.74, 6) is 1.04. The van der Waals surface area contributed by atoms with E-state index in [0.29, 0.717) is 0 Å². The summed E-state index contributed by atoms with van der Waals surface area (Å²) < 4.78 is 2.22. The number of pyridine rings is 1. The van der Waals surface area contributed by atoms with Crippen LogP contribution in [-0.4, -0.2) is 15.3 Å². The molecule has 21 heavy (non-hydrogen) atoms. The Balaban J connectivity index is 2.06. The molecule has 3 rings (SSSR count). The third kappa shape index (κ3) is 2.76. The first kappa shape index (κ1) is 14.0. The highest BCUT2D eigenvalue weighted by Crippen LogP contribution is 2.31. The van der Waals surface area contributed by atoms with E-state index in [0.717, 1.165) is 23.7 Å². The van der Waals surface area contributed by atoms with Gasteiger partial charge in [-0.3, -0.25) is 4.98 Å². The number of thioether (sulfide) groups is 1. The van der Waals surface area contributed by atoms with Gasteiger partial charge in [0.25, 0.3) is 0 Å². The van der Waals surface area contributed by atoms with Crippen molar-refractivity contribution in [1.29, 1.82) is 0 Å². The van der Waals surface area contributed by atoms with Crippen LogP contribution in [-0.2, 0) is 6.54 Å². The summed E-state index contributed by atoms with van der Waals surface area (Å²) in [5, 5.41) is 1.27. The minimum Gasteiger partial charge on any atom is -0.399 e. The summed E-state index contributed by atoms with van der Waals surface area (Å²) in [7, 11) is 0. The number of aryl methyl sites for hydroxylation is 1. The molecule has 0 unspecified atom stereocenters. The maximum atomic E-state index is 6.06. The summed E-state index contributed by atoms with van der Waals surface area (Å²) in [6, 6.07) is 10.4. The molecule has 108 valence electrons. The first-order valence-electron chi connectivity index (χ1n) is 7.10. The van der Waals surface area contributed by atoms with Crippen molar-refractivity contribution in [2.24, 2.45) is 0 Å². The molecule has 0 saturated heterocycles. The summed E-state index contributed by atoms with van der Waals surface area (Å²) >= 11 is 1.83. The van der Waals surface area contributed by atoms with Crippen molar-refractivity contribution in [2.75, 3.05) is 11.5 Å². The average Bonchev–Trinajstić information content (AvgIpc) is 2.85. The highest BCUT2D eigenvalue weighted by Gasteiger charge is 2.09.